The number of halogens is 3. The maximum absolute atomic E-state index is 13.7. The molecule has 0 unspecified atom stereocenters. The second-order valence-corrected chi connectivity index (χ2v) is 6.59. The van der Waals surface area contributed by atoms with Crippen molar-refractivity contribution in [2.75, 3.05) is 20.2 Å². The van der Waals surface area contributed by atoms with Gasteiger partial charge in [0, 0.05) is 19.2 Å². The highest BCUT2D eigenvalue weighted by Crippen LogP contribution is 2.36. The number of aliphatic carboxylic acids is 1. The molecule has 1 fully saturated rings. The number of hydrogen-bond acceptors (Lipinski definition) is 6. The highest BCUT2D eigenvalue weighted by molar-refractivity contribution is 5.96. The predicted molar refractivity (Wildman–Crippen MR) is 87.0 cm³/mol. The smallest absolute Gasteiger partial charge is 0.434 e. The van der Waals surface area contributed by atoms with E-state index in [9.17, 15) is 27.9 Å². The van der Waals surface area contributed by atoms with E-state index in [1.807, 2.05) is 0 Å². The van der Waals surface area contributed by atoms with E-state index in [0.717, 1.165) is 11.1 Å². The number of rotatable bonds is 4. The zero-order chi connectivity index (χ0) is 20.7. The first-order valence-corrected chi connectivity index (χ1v) is 8.13. The molecule has 2 aromatic rings. The van der Waals surface area contributed by atoms with E-state index in [1.54, 1.807) is 0 Å². The molecule has 1 saturated heterocycles. The molecule has 9 nitrogen and oxygen atoms in total. The van der Waals surface area contributed by atoms with Crippen molar-refractivity contribution in [3.63, 3.8) is 0 Å². The maximum atomic E-state index is 13.7. The number of carbonyl (C=O) groups excluding carboxylic acids is 1. The van der Waals surface area contributed by atoms with E-state index in [1.165, 1.54) is 26.2 Å². The number of aromatic nitrogens is 4. The van der Waals surface area contributed by atoms with Crippen molar-refractivity contribution in [2.45, 2.75) is 19.5 Å². The Kier molecular flexibility index (Phi) is 4.73. The van der Waals surface area contributed by atoms with Gasteiger partial charge in [-0.3, -0.25) is 9.59 Å². The van der Waals surface area contributed by atoms with E-state index < -0.39 is 34.7 Å². The Hall–Kier alpha value is -3.18. The second-order valence-electron chi connectivity index (χ2n) is 6.59. The van der Waals surface area contributed by atoms with Crippen molar-refractivity contribution in [3.8, 4) is 11.7 Å². The van der Waals surface area contributed by atoms with Gasteiger partial charge in [0.15, 0.2) is 11.5 Å². The zero-order valence-electron chi connectivity index (χ0n) is 14.9. The Bertz CT molecular complexity index is 912. The molecule has 12 heteroatoms. The third kappa shape index (κ3) is 3.37. The molecule has 3 rings (SSSR count). The molecule has 0 radical (unpaired) electrons. The van der Waals surface area contributed by atoms with Gasteiger partial charge in [-0.2, -0.15) is 18.3 Å². The maximum Gasteiger partial charge on any atom is 0.434 e. The molecule has 1 atom stereocenters. The van der Waals surface area contributed by atoms with Crippen molar-refractivity contribution in [1.82, 2.24) is 24.9 Å². The first-order valence-electron chi connectivity index (χ1n) is 8.13. The average Bonchev–Trinajstić information content (AvgIpc) is 3.26. The lowest BCUT2D eigenvalue weighted by atomic mass is 9.90. The molecule has 1 aliphatic heterocycles. The Labute approximate surface area is 156 Å². The SMILES string of the molecule is COc1ccc(-n2ncc(C(=O)N3CC[C@](C)(C(=O)O)C3)c2C(F)(F)F)nn1. The minimum absolute atomic E-state index is 0.0342. The molecule has 0 aliphatic carbocycles. The number of nitrogens with zero attached hydrogens (tertiary/aromatic N) is 5. The quantitative estimate of drug-likeness (QED) is 0.832. The van der Waals surface area contributed by atoms with Crippen LogP contribution in [0.4, 0.5) is 13.2 Å². The number of ether oxygens (including phenoxy) is 1. The van der Waals surface area contributed by atoms with Crippen LogP contribution in [0.2, 0.25) is 0 Å². The van der Waals surface area contributed by atoms with Gasteiger partial charge in [0.25, 0.3) is 5.91 Å². The average molecular weight is 399 g/mol. The number of hydrogen-bond donors (Lipinski definition) is 1. The molecule has 1 amide bonds. The summed E-state index contributed by atoms with van der Waals surface area (Å²) >= 11 is 0. The van der Waals surface area contributed by atoms with Crippen LogP contribution in [0.25, 0.3) is 5.82 Å². The van der Waals surface area contributed by atoms with Crippen LogP contribution < -0.4 is 4.74 Å². The van der Waals surface area contributed by atoms with Gasteiger partial charge in [-0.05, 0) is 19.4 Å². The molecule has 0 saturated carbocycles. The number of amides is 1. The highest BCUT2D eigenvalue weighted by Gasteiger charge is 2.46. The number of carbonyl (C=O) groups is 2. The van der Waals surface area contributed by atoms with Crippen molar-refractivity contribution < 1.29 is 32.6 Å². The van der Waals surface area contributed by atoms with Gasteiger partial charge in [-0.1, -0.05) is 0 Å². The number of carboxylic acids is 1. The largest absolute Gasteiger partial charge is 0.481 e. The van der Waals surface area contributed by atoms with Gasteiger partial charge in [0.1, 0.15) is 0 Å². The minimum Gasteiger partial charge on any atom is -0.481 e. The topological polar surface area (TPSA) is 110 Å². The van der Waals surface area contributed by atoms with E-state index >= 15 is 0 Å². The van der Waals surface area contributed by atoms with E-state index in [-0.39, 0.29) is 31.2 Å². The normalized spacial score (nSPS) is 19.7. The van der Waals surface area contributed by atoms with Crippen molar-refractivity contribution >= 4 is 11.9 Å². The summed E-state index contributed by atoms with van der Waals surface area (Å²) < 4.78 is 46.4. The Morgan fingerprint density at radius 3 is 2.50 bits per heavy atom. The summed E-state index contributed by atoms with van der Waals surface area (Å²) in [5, 5.41) is 20.2. The molecule has 3 heterocycles. The molecule has 0 aromatic carbocycles. The summed E-state index contributed by atoms with van der Waals surface area (Å²) in [7, 11) is 1.33. The minimum atomic E-state index is -4.90. The number of alkyl halides is 3. The summed E-state index contributed by atoms with van der Waals surface area (Å²) in [4.78, 5) is 25.1. The van der Waals surface area contributed by atoms with Crippen LogP contribution in [-0.4, -0.2) is 62.1 Å². The lowest BCUT2D eigenvalue weighted by Gasteiger charge is -2.20. The van der Waals surface area contributed by atoms with Crippen molar-refractivity contribution in [1.29, 1.82) is 0 Å². The predicted octanol–water partition coefficient (Wildman–Crippen LogP) is 1.63. The molecule has 2 aromatic heterocycles. The van der Waals surface area contributed by atoms with Crippen molar-refractivity contribution in [3.05, 3.63) is 29.6 Å². The van der Waals surface area contributed by atoms with Crippen LogP contribution in [0.1, 0.15) is 29.4 Å². The monoisotopic (exact) mass is 399 g/mol. The van der Waals surface area contributed by atoms with E-state index in [2.05, 4.69) is 15.3 Å². The molecule has 1 N–H and O–H groups in total. The van der Waals surface area contributed by atoms with Gasteiger partial charge < -0.3 is 14.7 Å². The lowest BCUT2D eigenvalue weighted by molar-refractivity contribution is -0.147. The number of likely N-dealkylation sites (tertiary alicyclic amines) is 1. The molecule has 150 valence electrons. The second kappa shape index (κ2) is 6.77. The Balaban J connectivity index is 1.99. The summed E-state index contributed by atoms with van der Waals surface area (Å²) in [6, 6.07) is 2.53. The molecule has 28 heavy (non-hydrogen) atoms. The molecule has 0 spiro atoms. The van der Waals surface area contributed by atoms with Crippen LogP contribution in [-0.2, 0) is 11.0 Å². The first-order chi connectivity index (χ1) is 13.1. The van der Waals surface area contributed by atoms with Crippen molar-refractivity contribution in [2.24, 2.45) is 5.41 Å². The van der Waals surface area contributed by atoms with Gasteiger partial charge >= 0.3 is 12.1 Å². The van der Waals surface area contributed by atoms with Gasteiger partial charge in [-0.15, -0.1) is 10.2 Å². The zero-order valence-corrected chi connectivity index (χ0v) is 14.9. The third-order valence-corrected chi connectivity index (χ3v) is 4.60. The fourth-order valence-electron chi connectivity index (χ4n) is 2.97. The fourth-order valence-corrected chi connectivity index (χ4v) is 2.97. The summed E-state index contributed by atoms with van der Waals surface area (Å²) in [6.07, 6.45) is -3.96. The molecular weight excluding hydrogens is 383 g/mol. The summed E-state index contributed by atoms with van der Waals surface area (Å²) in [5.74, 6) is -2.19. The standard InChI is InChI=1S/C16H16F3N5O4/c1-15(14(26)27)5-6-23(8-15)13(25)9-7-20-24(12(9)16(17,18)19)10-3-4-11(28-2)22-21-10/h3-4,7H,5-6,8H2,1-2H3,(H,26,27)/t15-/m0/s1. The van der Waals surface area contributed by atoms with Crippen LogP contribution in [0.15, 0.2) is 18.3 Å². The Morgan fingerprint density at radius 2 is 2.00 bits per heavy atom. The van der Waals surface area contributed by atoms with E-state index in [4.69, 9.17) is 4.74 Å². The molecule has 0 bridgehead atoms. The Morgan fingerprint density at radius 1 is 1.29 bits per heavy atom. The first kappa shape index (κ1) is 19.6. The van der Waals surface area contributed by atoms with Crippen LogP contribution in [0.5, 0.6) is 5.88 Å². The summed E-state index contributed by atoms with van der Waals surface area (Å²) in [5.41, 5.74) is -3.19. The number of methoxy groups -OCH3 is 1. The van der Waals surface area contributed by atoms with E-state index in [0.29, 0.717) is 4.68 Å². The van der Waals surface area contributed by atoms with Gasteiger partial charge in [0.2, 0.25) is 5.88 Å². The van der Waals surface area contributed by atoms with Crippen LogP contribution >= 0.6 is 0 Å². The lowest BCUT2D eigenvalue weighted by Crippen LogP contribution is -2.35. The fraction of sp³-hybridized carbons (Fsp3) is 0.438. The third-order valence-electron chi connectivity index (χ3n) is 4.60. The molecule has 1 aliphatic rings. The number of carboxylic acid groups (broad SMARTS) is 1. The molecular formula is C16H16F3N5O4. The van der Waals surface area contributed by atoms with Gasteiger partial charge in [0.05, 0.1) is 24.3 Å². The summed E-state index contributed by atoms with van der Waals surface area (Å²) in [6.45, 7) is 1.29. The highest BCUT2D eigenvalue weighted by atomic mass is 19.4. The van der Waals surface area contributed by atoms with Crippen LogP contribution in [0, 0.1) is 5.41 Å². The van der Waals surface area contributed by atoms with Gasteiger partial charge in [-0.25, -0.2) is 4.68 Å². The van der Waals surface area contributed by atoms with Crippen LogP contribution in [0.3, 0.4) is 0 Å².